The Morgan fingerprint density at radius 1 is 1.24 bits per heavy atom. The van der Waals surface area contributed by atoms with Crippen LogP contribution in [0.1, 0.15) is 18.4 Å². The van der Waals surface area contributed by atoms with Crippen LogP contribution in [-0.4, -0.2) is 24.1 Å². The topological polar surface area (TPSA) is 55.6 Å². The maximum Gasteiger partial charge on any atom is 0.271 e. The van der Waals surface area contributed by atoms with Gasteiger partial charge in [-0.2, -0.15) is 0 Å². The zero-order chi connectivity index (χ0) is 17.8. The molecule has 1 saturated heterocycles. The second-order valence-electron chi connectivity index (χ2n) is 6.02. The lowest BCUT2D eigenvalue weighted by molar-refractivity contribution is -0.384. The van der Waals surface area contributed by atoms with Gasteiger partial charge in [0.2, 0.25) is 0 Å². The second kappa shape index (κ2) is 7.80. The average molecular weight is 365 g/mol. The number of anilines is 1. The van der Waals surface area contributed by atoms with Gasteiger partial charge in [-0.25, -0.2) is 4.39 Å². The van der Waals surface area contributed by atoms with Crippen molar-refractivity contribution in [2.45, 2.75) is 25.6 Å². The highest BCUT2D eigenvalue weighted by Gasteiger charge is 2.22. The fraction of sp³-hybridized carbons (Fsp3) is 0.333. The minimum Gasteiger partial charge on any atom is -0.373 e. The van der Waals surface area contributed by atoms with Crippen LogP contribution < -0.4 is 4.90 Å². The van der Waals surface area contributed by atoms with Gasteiger partial charge in [0.15, 0.2) is 0 Å². The average Bonchev–Trinajstić information content (AvgIpc) is 2.60. The van der Waals surface area contributed by atoms with Crippen molar-refractivity contribution in [3.8, 4) is 0 Å². The van der Waals surface area contributed by atoms with Crippen LogP contribution in [0.4, 0.5) is 15.8 Å². The normalized spacial score (nSPS) is 15.4. The summed E-state index contributed by atoms with van der Waals surface area (Å²) in [5.41, 5.74) is 1.61. The first kappa shape index (κ1) is 17.6. The maximum atomic E-state index is 13.2. The van der Waals surface area contributed by atoms with Crippen molar-refractivity contribution in [2.24, 2.45) is 0 Å². The Balaban J connectivity index is 1.54. The van der Waals surface area contributed by atoms with Gasteiger partial charge in [0, 0.05) is 25.2 Å². The molecule has 132 valence electrons. The summed E-state index contributed by atoms with van der Waals surface area (Å²) >= 11 is 6.19. The summed E-state index contributed by atoms with van der Waals surface area (Å²) in [4.78, 5) is 12.4. The fourth-order valence-corrected chi connectivity index (χ4v) is 3.26. The molecule has 0 unspecified atom stereocenters. The van der Waals surface area contributed by atoms with Crippen LogP contribution in [0.5, 0.6) is 0 Å². The zero-order valence-electron chi connectivity index (χ0n) is 13.5. The second-order valence-corrected chi connectivity index (χ2v) is 6.43. The van der Waals surface area contributed by atoms with Gasteiger partial charge < -0.3 is 9.64 Å². The number of hydrogen-bond donors (Lipinski definition) is 0. The molecule has 1 aliphatic rings. The van der Waals surface area contributed by atoms with Gasteiger partial charge in [-0.3, -0.25) is 10.1 Å². The van der Waals surface area contributed by atoms with Crippen LogP contribution in [-0.2, 0) is 11.3 Å². The number of nitro groups is 1. The van der Waals surface area contributed by atoms with Crippen LogP contribution in [0.3, 0.4) is 0 Å². The van der Waals surface area contributed by atoms with Gasteiger partial charge in [0.05, 0.1) is 28.3 Å². The molecule has 0 N–H and O–H groups in total. The SMILES string of the molecule is O=[N+]([O-])c1ccc(N2CCC(OCc3cccc(F)c3)CC2)c(Cl)c1. The Labute approximate surface area is 150 Å². The highest BCUT2D eigenvalue weighted by atomic mass is 35.5. The van der Waals surface area contributed by atoms with Gasteiger partial charge in [0.1, 0.15) is 5.82 Å². The molecule has 0 aliphatic carbocycles. The van der Waals surface area contributed by atoms with Crippen LogP contribution in [0.15, 0.2) is 42.5 Å². The molecule has 2 aromatic rings. The molecule has 0 amide bonds. The lowest BCUT2D eigenvalue weighted by Crippen LogP contribution is -2.37. The molecule has 0 atom stereocenters. The van der Waals surface area contributed by atoms with Crippen molar-refractivity contribution in [3.05, 3.63) is 69.0 Å². The van der Waals surface area contributed by atoms with E-state index in [0.29, 0.717) is 11.6 Å². The van der Waals surface area contributed by atoms with E-state index in [0.717, 1.165) is 37.2 Å². The monoisotopic (exact) mass is 364 g/mol. The predicted octanol–water partition coefficient (Wildman–Crippen LogP) is 4.57. The largest absolute Gasteiger partial charge is 0.373 e. The number of nitro benzene ring substituents is 1. The molecule has 2 aromatic carbocycles. The first-order valence-electron chi connectivity index (χ1n) is 8.08. The molecule has 0 aromatic heterocycles. The number of ether oxygens (including phenoxy) is 1. The summed E-state index contributed by atoms with van der Waals surface area (Å²) in [6, 6.07) is 10.9. The third kappa shape index (κ3) is 4.46. The molecular weight excluding hydrogens is 347 g/mol. The van der Waals surface area contributed by atoms with E-state index in [1.165, 1.54) is 24.3 Å². The predicted molar refractivity (Wildman–Crippen MR) is 94.5 cm³/mol. The molecule has 1 aliphatic heterocycles. The minimum absolute atomic E-state index is 0.0120. The third-order valence-corrected chi connectivity index (χ3v) is 4.60. The number of piperidine rings is 1. The summed E-state index contributed by atoms with van der Waals surface area (Å²) in [7, 11) is 0. The smallest absolute Gasteiger partial charge is 0.271 e. The van der Waals surface area contributed by atoms with Crippen molar-refractivity contribution in [2.75, 3.05) is 18.0 Å². The minimum atomic E-state index is -0.456. The number of hydrogen-bond acceptors (Lipinski definition) is 4. The van der Waals surface area contributed by atoms with Crippen LogP contribution >= 0.6 is 11.6 Å². The van der Waals surface area contributed by atoms with Crippen molar-refractivity contribution < 1.29 is 14.1 Å². The number of nitrogens with zero attached hydrogens (tertiary/aromatic N) is 2. The van der Waals surface area contributed by atoms with E-state index in [1.54, 1.807) is 12.1 Å². The van der Waals surface area contributed by atoms with E-state index in [-0.39, 0.29) is 17.6 Å². The van der Waals surface area contributed by atoms with Crippen molar-refractivity contribution in [3.63, 3.8) is 0 Å². The van der Waals surface area contributed by atoms with E-state index < -0.39 is 4.92 Å². The molecule has 5 nitrogen and oxygen atoms in total. The van der Waals surface area contributed by atoms with E-state index in [9.17, 15) is 14.5 Å². The van der Waals surface area contributed by atoms with Gasteiger partial charge >= 0.3 is 0 Å². The Hall–Kier alpha value is -2.18. The Morgan fingerprint density at radius 3 is 2.64 bits per heavy atom. The Bertz CT molecular complexity index is 764. The van der Waals surface area contributed by atoms with Crippen LogP contribution in [0, 0.1) is 15.9 Å². The molecule has 1 heterocycles. The zero-order valence-corrected chi connectivity index (χ0v) is 14.3. The van der Waals surface area contributed by atoms with E-state index >= 15 is 0 Å². The number of non-ortho nitro benzene ring substituents is 1. The summed E-state index contributed by atoms with van der Waals surface area (Å²) < 4.78 is 19.0. The molecule has 0 saturated carbocycles. The standard InChI is InChI=1S/C18H18ClFN2O3/c19-17-11-15(22(23)24)4-5-18(17)21-8-6-16(7-9-21)25-12-13-2-1-3-14(20)10-13/h1-5,10-11,16H,6-9,12H2. The number of benzene rings is 2. The maximum absolute atomic E-state index is 13.2. The fourth-order valence-electron chi connectivity index (χ4n) is 2.97. The lowest BCUT2D eigenvalue weighted by Gasteiger charge is -2.34. The summed E-state index contributed by atoms with van der Waals surface area (Å²) in [5, 5.41) is 11.2. The molecule has 3 rings (SSSR count). The Morgan fingerprint density at radius 2 is 2.00 bits per heavy atom. The van der Waals surface area contributed by atoms with Crippen LogP contribution in [0.2, 0.25) is 5.02 Å². The van der Waals surface area contributed by atoms with Gasteiger partial charge in [-0.05, 0) is 36.6 Å². The van der Waals surface area contributed by atoms with Crippen LogP contribution in [0.25, 0.3) is 0 Å². The quantitative estimate of drug-likeness (QED) is 0.576. The summed E-state index contributed by atoms with van der Waals surface area (Å²) in [5.74, 6) is -0.260. The van der Waals surface area contributed by atoms with Crippen molar-refractivity contribution in [1.29, 1.82) is 0 Å². The van der Waals surface area contributed by atoms with E-state index in [2.05, 4.69) is 4.90 Å². The summed E-state index contributed by atoms with van der Waals surface area (Å²) in [6.45, 7) is 1.90. The van der Waals surface area contributed by atoms with Gasteiger partial charge in [-0.15, -0.1) is 0 Å². The highest BCUT2D eigenvalue weighted by Crippen LogP contribution is 2.32. The third-order valence-electron chi connectivity index (χ3n) is 4.30. The van der Waals surface area contributed by atoms with Gasteiger partial charge in [0.25, 0.3) is 5.69 Å². The molecule has 0 bridgehead atoms. The first-order valence-corrected chi connectivity index (χ1v) is 8.45. The highest BCUT2D eigenvalue weighted by molar-refractivity contribution is 6.33. The summed E-state index contributed by atoms with van der Waals surface area (Å²) in [6.07, 6.45) is 1.75. The first-order chi connectivity index (χ1) is 12.0. The van der Waals surface area contributed by atoms with E-state index in [1.807, 2.05) is 6.07 Å². The number of halogens is 2. The molecule has 7 heteroatoms. The molecule has 0 radical (unpaired) electrons. The lowest BCUT2D eigenvalue weighted by atomic mass is 10.1. The van der Waals surface area contributed by atoms with Gasteiger partial charge in [-0.1, -0.05) is 23.7 Å². The molecule has 1 fully saturated rings. The van der Waals surface area contributed by atoms with E-state index in [4.69, 9.17) is 16.3 Å². The van der Waals surface area contributed by atoms with Crippen molar-refractivity contribution >= 4 is 23.0 Å². The Kier molecular flexibility index (Phi) is 5.50. The number of rotatable bonds is 5. The molecule has 0 spiro atoms. The van der Waals surface area contributed by atoms with Crippen molar-refractivity contribution in [1.82, 2.24) is 0 Å². The molecular formula is C18H18ClFN2O3. The molecule has 25 heavy (non-hydrogen) atoms.